The van der Waals surface area contributed by atoms with Crippen molar-refractivity contribution in [3.8, 4) is 5.75 Å². The van der Waals surface area contributed by atoms with Crippen LogP contribution < -0.4 is 14.4 Å². The molecule has 1 atom stereocenters. The molecule has 0 saturated heterocycles. The SMILES string of the molecule is CCCCNC(=O)[C@@H](Cc1ccccc1)N(Cc1c(Cl)cccc1Cl)C(=O)CN(c1ccc(C)cc1)S(=O)(=O)c1ccc(OCC)cc1. The summed E-state index contributed by atoms with van der Waals surface area (Å²) in [5, 5.41) is 3.62. The minimum Gasteiger partial charge on any atom is -0.494 e. The van der Waals surface area contributed by atoms with E-state index in [-0.39, 0.29) is 23.8 Å². The Morgan fingerprint density at radius 3 is 2.10 bits per heavy atom. The maximum Gasteiger partial charge on any atom is 0.264 e. The van der Waals surface area contributed by atoms with Crippen molar-refractivity contribution >= 4 is 50.7 Å². The highest BCUT2D eigenvalue weighted by Gasteiger charge is 2.35. The van der Waals surface area contributed by atoms with E-state index in [2.05, 4.69) is 5.32 Å². The Morgan fingerprint density at radius 1 is 0.854 bits per heavy atom. The summed E-state index contributed by atoms with van der Waals surface area (Å²) in [7, 11) is -4.26. The van der Waals surface area contributed by atoms with Crippen molar-refractivity contribution in [3.63, 3.8) is 0 Å². The van der Waals surface area contributed by atoms with Gasteiger partial charge in [-0.3, -0.25) is 13.9 Å². The Kier molecular flexibility index (Phi) is 13.3. The number of halogens is 2. The van der Waals surface area contributed by atoms with Crippen molar-refractivity contribution in [2.75, 3.05) is 24.0 Å². The molecule has 0 radical (unpaired) electrons. The van der Waals surface area contributed by atoms with Crippen LogP contribution in [-0.2, 0) is 32.6 Å². The number of anilines is 1. The van der Waals surface area contributed by atoms with Crippen LogP contribution in [0.5, 0.6) is 5.75 Å². The molecule has 0 fully saturated rings. The van der Waals surface area contributed by atoms with Gasteiger partial charge >= 0.3 is 0 Å². The first-order chi connectivity index (χ1) is 23.0. The van der Waals surface area contributed by atoms with Crippen molar-refractivity contribution in [1.29, 1.82) is 0 Å². The number of carbonyl (C=O) groups excluding carboxylic acids is 2. The van der Waals surface area contributed by atoms with Crippen molar-refractivity contribution in [2.24, 2.45) is 0 Å². The minimum absolute atomic E-state index is 0.0156. The summed E-state index contributed by atoms with van der Waals surface area (Å²) < 4.78 is 35.1. The third-order valence-corrected chi connectivity index (χ3v) is 10.3. The number of nitrogens with zero attached hydrogens (tertiary/aromatic N) is 2. The zero-order valence-corrected chi connectivity index (χ0v) is 29.7. The number of sulfonamides is 1. The van der Waals surface area contributed by atoms with Gasteiger partial charge in [-0.15, -0.1) is 0 Å². The largest absolute Gasteiger partial charge is 0.494 e. The van der Waals surface area contributed by atoms with Crippen LogP contribution in [0, 0.1) is 6.92 Å². The van der Waals surface area contributed by atoms with Gasteiger partial charge < -0.3 is 15.0 Å². The van der Waals surface area contributed by atoms with Crippen LogP contribution in [0.1, 0.15) is 43.4 Å². The normalized spacial score (nSPS) is 11.9. The second-order valence-electron chi connectivity index (χ2n) is 11.3. The average Bonchev–Trinajstić information content (AvgIpc) is 3.07. The van der Waals surface area contributed by atoms with Crippen molar-refractivity contribution in [2.45, 2.75) is 57.5 Å². The van der Waals surface area contributed by atoms with Crippen LogP contribution in [-0.4, -0.2) is 50.9 Å². The standard InChI is InChI=1S/C37H41Cl2N3O5S/c1-4-6-23-40-37(44)35(24-28-11-8-7-9-12-28)41(25-32-33(38)13-10-14-34(32)39)36(43)26-42(29-17-15-27(3)16-18-29)48(45,46)31-21-19-30(20-22-31)47-5-2/h7-22,35H,4-6,23-26H2,1-3H3,(H,40,44)/t35-/m1/s1. The maximum absolute atomic E-state index is 14.6. The molecular weight excluding hydrogens is 669 g/mol. The number of amides is 2. The summed E-state index contributed by atoms with van der Waals surface area (Å²) >= 11 is 13.2. The van der Waals surface area contributed by atoms with E-state index in [0.717, 1.165) is 28.3 Å². The molecule has 0 spiro atoms. The molecule has 1 N–H and O–H groups in total. The number of rotatable bonds is 16. The molecule has 0 aromatic heterocycles. The number of carbonyl (C=O) groups is 2. The predicted molar refractivity (Wildman–Crippen MR) is 192 cm³/mol. The van der Waals surface area contributed by atoms with Gasteiger partial charge in [0.05, 0.1) is 17.2 Å². The van der Waals surface area contributed by atoms with E-state index in [1.807, 2.05) is 51.1 Å². The summed E-state index contributed by atoms with van der Waals surface area (Å²) in [4.78, 5) is 29.9. The third kappa shape index (κ3) is 9.52. The van der Waals surface area contributed by atoms with Crippen molar-refractivity contribution < 1.29 is 22.7 Å². The molecular formula is C37H41Cl2N3O5S. The van der Waals surface area contributed by atoms with Gasteiger partial charge in [-0.25, -0.2) is 8.42 Å². The van der Waals surface area contributed by atoms with E-state index in [9.17, 15) is 18.0 Å². The smallest absolute Gasteiger partial charge is 0.264 e. The number of hydrogen-bond acceptors (Lipinski definition) is 5. The van der Waals surface area contributed by atoms with Crippen LogP contribution in [0.25, 0.3) is 0 Å². The molecule has 4 aromatic rings. The summed E-state index contributed by atoms with van der Waals surface area (Å²) in [6.07, 6.45) is 1.81. The van der Waals surface area contributed by atoms with Crippen molar-refractivity contribution in [3.05, 3.63) is 124 Å². The Labute approximate surface area is 293 Å². The Bertz CT molecular complexity index is 1750. The van der Waals surface area contributed by atoms with Gasteiger partial charge in [0.2, 0.25) is 11.8 Å². The first kappa shape index (κ1) is 36.8. The molecule has 48 heavy (non-hydrogen) atoms. The topological polar surface area (TPSA) is 96.0 Å². The molecule has 0 bridgehead atoms. The molecule has 0 unspecified atom stereocenters. The Morgan fingerprint density at radius 2 is 1.50 bits per heavy atom. The van der Waals surface area contributed by atoms with Gasteiger partial charge in [-0.1, -0.05) is 90.6 Å². The van der Waals surface area contributed by atoms with E-state index in [4.69, 9.17) is 27.9 Å². The molecule has 0 aliphatic heterocycles. The predicted octanol–water partition coefficient (Wildman–Crippen LogP) is 7.45. The van der Waals surface area contributed by atoms with Crippen molar-refractivity contribution in [1.82, 2.24) is 10.2 Å². The highest BCUT2D eigenvalue weighted by Crippen LogP contribution is 2.29. The van der Waals surface area contributed by atoms with E-state index in [1.54, 1.807) is 54.6 Å². The summed E-state index contributed by atoms with van der Waals surface area (Å²) in [6.45, 7) is 5.89. The number of unbranched alkanes of at least 4 members (excludes halogenated alkanes) is 1. The minimum atomic E-state index is -4.26. The number of nitrogens with one attached hydrogen (secondary N) is 1. The van der Waals surface area contributed by atoms with Gasteiger partial charge in [0.15, 0.2) is 0 Å². The van der Waals surface area contributed by atoms with E-state index >= 15 is 0 Å². The number of benzene rings is 4. The first-order valence-electron chi connectivity index (χ1n) is 15.9. The van der Waals surface area contributed by atoms with Crippen LogP contribution in [0.15, 0.2) is 102 Å². The molecule has 4 aromatic carbocycles. The number of aryl methyl sites for hydroxylation is 1. The summed E-state index contributed by atoms with van der Waals surface area (Å²) in [5.74, 6) is -0.442. The fourth-order valence-corrected chi connectivity index (χ4v) is 7.09. The lowest BCUT2D eigenvalue weighted by atomic mass is 10.0. The zero-order chi connectivity index (χ0) is 34.7. The molecule has 0 saturated carbocycles. The highest BCUT2D eigenvalue weighted by atomic mass is 35.5. The molecule has 254 valence electrons. The molecule has 8 nitrogen and oxygen atoms in total. The molecule has 2 amide bonds. The van der Waals surface area contributed by atoms with Crippen LogP contribution >= 0.6 is 23.2 Å². The first-order valence-corrected chi connectivity index (χ1v) is 18.1. The summed E-state index contributed by atoms with van der Waals surface area (Å²) in [5.41, 5.74) is 2.49. The van der Waals surface area contributed by atoms with Gasteiger partial charge in [0.25, 0.3) is 10.0 Å². The molecule has 0 heterocycles. The molecule has 0 aliphatic carbocycles. The van der Waals surface area contributed by atoms with E-state index < -0.39 is 28.5 Å². The van der Waals surface area contributed by atoms with E-state index in [1.165, 1.54) is 17.0 Å². The Balaban J connectivity index is 1.81. The molecule has 4 rings (SSSR count). The monoisotopic (exact) mass is 709 g/mol. The second kappa shape index (κ2) is 17.4. The zero-order valence-electron chi connectivity index (χ0n) is 27.4. The van der Waals surface area contributed by atoms with Gasteiger partial charge in [0.1, 0.15) is 18.3 Å². The van der Waals surface area contributed by atoms with Crippen LogP contribution in [0.3, 0.4) is 0 Å². The van der Waals surface area contributed by atoms with Gasteiger partial charge in [-0.05, 0) is 74.4 Å². The fraction of sp³-hybridized carbons (Fsp3) is 0.297. The van der Waals surface area contributed by atoms with Crippen LogP contribution in [0.2, 0.25) is 10.0 Å². The quantitative estimate of drug-likeness (QED) is 0.122. The van der Waals surface area contributed by atoms with E-state index in [0.29, 0.717) is 40.2 Å². The second-order valence-corrected chi connectivity index (χ2v) is 14.0. The third-order valence-electron chi connectivity index (χ3n) is 7.81. The summed E-state index contributed by atoms with van der Waals surface area (Å²) in [6, 6.07) is 26.3. The maximum atomic E-state index is 14.6. The molecule has 11 heteroatoms. The van der Waals surface area contributed by atoms with Gasteiger partial charge in [0, 0.05) is 35.1 Å². The van der Waals surface area contributed by atoms with Crippen LogP contribution in [0.4, 0.5) is 5.69 Å². The number of hydrogen-bond donors (Lipinski definition) is 1. The lowest BCUT2D eigenvalue weighted by Crippen LogP contribution is -2.53. The lowest BCUT2D eigenvalue weighted by Gasteiger charge is -2.34. The average molecular weight is 711 g/mol. The molecule has 0 aliphatic rings. The lowest BCUT2D eigenvalue weighted by molar-refractivity contribution is -0.140. The Hall–Kier alpha value is -4.05. The fourth-order valence-electron chi connectivity index (χ4n) is 5.16. The highest BCUT2D eigenvalue weighted by molar-refractivity contribution is 7.92. The van der Waals surface area contributed by atoms with Gasteiger partial charge in [-0.2, -0.15) is 0 Å². The number of ether oxygens (including phenoxy) is 1.